The molecule has 3 aromatic rings. The van der Waals surface area contributed by atoms with Crippen LogP contribution in [0.25, 0.3) is 0 Å². The first kappa shape index (κ1) is 23.1. The van der Waals surface area contributed by atoms with Gasteiger partial charge in [0.1, 0.15) is 0 Å². The Hall–Kier alpha value is -0.965. The van der Waals surface area contributed by atoms with Crippen molar-refractivity contribution in [2.24, 2.45) is 0 Å². The van der Waals surface area contributed by atoms with Gasteiger partial charge in [-0.2, -0.15) is 0 Å². The zero-order valence-corrected chi connectivity index (χ0v) is 16.5. The minimum Gasteiger partial charge on any atom is -0.347 e. The Morgan fingerprint density at radius 1 is 0.615 bits per heavy atom. The van der Waals surface area contributed by atoms with E-state index < -0.39 is 17.0 Å². The van der Waals surface area contributed by atoms with Crippen molar-refractivity contribution >= 4 is 27.6 Å². The van der Waals surface area contributed by atoms with Crippen LogP contribution in [0.15, 0.2) is 95.9 Å². The Kier molecular flexibility index (Phi) is 8.72. The quantitative estimate of drug-likeness (QED) is 0.286. The van der Waals surface area contributed by atoms with Gasteiger partial charge in [-0.05, 0) is 22.7 Å². The summed E-state index contributed by atoms with van der Waals surface area (Å²) in [6.45, 7) is 0. The van der Waals surface area contributed by atoms with E-state index in [-0.39, 0.29) is 42.6 Å². The van der Waals surface area contributed by atoms with Crippen LogP contribution in [0.5, 0.6) is 0 Å². The number of hydrogen-bond acceptors (Lipinski definition) is 3. The molecule has 3 aromatic carbocycles. The summed E-state index contributed by atoms with van der Waals surface area (Å²) in [6.07, 6.45) is 0. The first-order valence-electron chi connectivity index (χ1n) is 7.39. The molecule has 0 saturated heterocycles. The molecule has 0 bridgehead atoms. The van der Waals surface area contributed by atoms with E-state index in [2.05, 4.69) is 0 Å². The van der Waals surface area contributed by atoms with Crippen LogP contribution < -0.4 is 48.3 Å². The Balaban J connectivity index is 0.00000169. The SMILES string of the molecule is O=P([CH-]S(=O)(=O)c1ccccc1)(c1ccccc1)c1ccccc1.[Li+].[Li+]. The Labute approximate surface area is 178 Å². The van der Waals surface area contributed by atoms with Crippen LogP contribution in [0, 0.1) is 5.49 Å². The fraction of sp³-hybridized carbons (Fsp3) is 0. The summed E-state index contributed by atoms with van der Waals surface area (Å²) in [5.41, 5.74) is 1.01. The van der Waals surface area contributed by atoms with E-state index in [4.69, 9.17) is 0 Å². The van der Waals surface area contributed by atoms with Crippen LogP contribution in [-0.4, -0.2) is 8.42 Å². The summed E-state index contributed by atoms with van der Waals surface area (Å²) in [5.74, 6) is 0. The molecule has 0 unspecified atom stereocenters. The van der Waals surface area contributed by atoms with Crippen LogP contribution in [-0.2, 0) is 14.4 Å². The Morgan fingerprint density at radius 3 is 1.35 bits per heavy atom. The average molecular weight is 369 g/mol. The molecule has 0 atom stereocenters. The molecule has 122 valence electrons. The third-order valence-corrected chi connectivity index (χ3v) is 9.00. The molecular formula is C19H16Li2O3PS+. The second-order valence-corrected chi connectivity index (χ2v) is 10.0. The van der Waals surface area contributed by atoms with Gasteiger partial charge in [-0.3, -0.25) is 8.42 Å². The van der Waals surface area contributed by atoms with Crippen molar-refractivity contribution in [3.8, 4) is 0 Å². The topological polar surface area (TPSA) is 51.2 Å². The monoisotopic (exact) mass is 369 g/mol. The number of benzene rings is 3. The predicted molar refractivity (Wildman–Crippen MR) is 97.7 cm³/mol. The summed E-state index contributed by atoms with van der Waals surface area (Å²) < 4.78 is 39.3. The summed E-state index contributed by atoms with van der Waals surface area (Å²) >= 11 is 0. The fourth-order valence-electron chi connectivity index (χ4n) is 2.44. The molecular weight excluding hydrogens is 353 g/mol. The van der Waals surface area contributed by atoms with Gasteiger partial charge in [0.05, 0.1) is 9.84 Å². The van der Waals surface area contributed by atoms with Gasteiger partial charge in [-0.15, -0.1) is 5.49 Å². The van der Waals surface area contributed by atoms with E-state index in [0.29, 0.717) is 10.6 Å². The normalized spacial score (nSPS) is 11.1. The maximum absolute atomic E-state index is 13.8. The predicted octanol–water partition coefficient (Wildman–Crippen LogP) is -2.40. The summed E-state index contributed by atoms with van der Waals surface area (Å²) in [5, 5.41) is 0.992. The van der Waals surface area contributed by atoms with Gasteiger partial charge in [0.15, 0.2) is 0 Å². The van der Waals surface area contributed by atoms with Crippen molar-refractivity contribution in [1.29, 1.82) is 0 Å². The minimum absolute atomic E-state index is 0. The third-order valence-electron chi connectivity index (χ3n) is 3.64. The zero-order chi connectivity index (χ0) is 17.0. The van der Waals surface area contributed by atoms with Crippen molar-refractivity contribution in [2.75, 3.05) is 0 Å². The molecule has 0 aromatic heterocycles. The van der Waals surface area contributed by atoms with Crippen LogP contribution in [0.2, 0.25) is 0 Å². The van der Waals surface area contributed by atoms with Gasteiger partial charge in [-0.25, -0.2) is 0 Å². The standard InChI is InChI=1S/C19H16O3PS.2Li/c20-23(17-10-4-1-5-11-17,18-12-6-2-7-13-18)16-24(21,22)19-14-8-3-9-15-19;;/h1-16H;;/q-1;2*+1. The van der Waals surface area contributed by atoms with E-state index in [1.165, 1.54) is 12.1 Å². The average Bonchev–Trinajstić information content (AvgIpc) is 2.63. The first-order chi connectivity index (χ1) is 11.5. The van der Waals surface area contributed by atoms with Crippen LogP contribution in [0.1, 0.15) is 0 Å². The van der Waals surface area contributed by atoms with E-state index in [1.807, 2.05) is 12.1 Å². The molecule has 3 rings (SSSR count). The summed E-state index contributed by atoms with van der Waals surface area (Å²) in [6, 6.07) is 25.5. The van der Waals surface area contributed by atoms with E-state index >= 15 is 0 Å². The van der Waals surface area contributed by atoms with Gasteiger partial charge in [0.25, 0.3) is 0 Å². The molecule has 0 saturated carbocycles. The molecule has 0 amide bonds. The Morgan fingerprint density at radius 2 is 0.962 bits per heavy atom. The molecule has 0 N–H and O–H groups in total. The minimum atomic E-state index is -3.80. The summed E-state index contributed by atoms with van der Waals surface area (Å²) in [7, 11) is -7.23. The van der Waals surface area contributed by atoms with E-state index in [0.717, 1.165) is 5.49 Å². The molecule has 0 fully saturated rings. The molecule has 0 spiro atoms. The number of sulfone groups is 1. The number of hydrogen-bond donors (Lipinski definition) is 0. The number of rotatable bonds is 5. The van der Waals surface area contributed by atoms with Crippen molar-refractivity contribution in [3.05, 3.63) is 96.5 Å². The van der Waals surface area contributed by atoms with Gasteiger partial charge in [0, 0.05) is 12.0 Å². The molecule has 0 aliphatic carbocycles. The molecule has 3 nitrogen and oxygen atoms in total. The maximum atomic E-state index is 13.8. The fourth-order valence-corrected chi connectivity index (χ4v) is 7.52. The maximum Gasteiger partial charge on any atom is 1.00 e. The molecule has 0 heterocycles. The van der Waals surface area contributed by atoms with Gasteiger partial charge < -0.3 is 4.57 Å². The molecule has 0 aliphatic heterocycles. The van der Waals surface area contributed by atoms with Gasteiger partial charge in [-0.1, -0.05) is 78.9 Å². The van der Waals surface area contributed by atoms with Crippen molar-refractivity contribution in [2.45, 2.75) is 4.90 Å². The summed E-state index contributed by atoms with van der Waals surface area (Å²) in [4.78, 5) is 0.136. The smallest absolute Gasteiger partial charge is 0.347 e. The largest absolute Gasteiger partial charge is 1.00 e. The van der Waals surface area contributed by atoms with Crippen LogP contribution >= 0.6 is 7.14 Å². The second-order valence-electron chi connectivity index (χ2n) is 5.29. The van der Waals surface area contributed by atoms with Crippen molar-refractivity contribution in [1.82, 2.24) is 0 Å². The third kappa shape index (κ3) is 5.06. The van der Waals surface area contributed by atoms with Crippen LogP contribution in [0.3, 0.4) is 0 Å². The van der Waals surface area contributed by atoms with Gasteiger partial charge >= 0.3 is 37.7 Å². The van der Waals surface area contributed by atoms with Crippen molar-refractivity contribution in [3.63, 3.8) is 0 Å². The molecule has 26 heavy (non-hydrogen) atoms. The van der Waals surface area contributed by atoms with Crippen molar-refractivity contribution < 1.29 is 50.7 Å². The molecule has 7 heteroatoms. The van der Waals surface area contributed by atoms with Crippen LogP contribution in [0.4, 0.5) is 0 Å². The Bertz CT molecular complexity index is 920. The molecule has 0 radical (unpaired) electrons. The first-order valence-corrected chi connectivity index (χ1v) is 10.7. The van der Waals surface area contributed by atoms with E-state index in [9.17, 15) is 13.0 Å². The molecule has 0 aliphatic rings. The van der Waals surface area contributed by atoms with Gasteiger partial charge in [0.2, 0.25) is 0 Å². The zero-order valence-electron chi connectivity index (χ0n) is 14.8. The second kappa shape index (κ2) is 9.82. The van der Waals surface area contributed by atoms with E-state index in [1.54, 1.807) is 66.7 Å².